The van der Waals surface area contributed by atoms with Crippen molar-refractivity contribution in [1.29, 1.82) is 0 Å². The molecular formula is C17H8Cl2FN3OS3. The van der Waals surface area contributed by atoms with Crippen LogP contribution >= 0.6 is 58.1 Å². The van der Waals surface area contributed by atoms with Crippen molar-refractivity contribution < 1.29 is 9.18 Å². The van der Waals surface area contributed by atoms with E-state index in [-0.39, 0.29) is 10.9 Å². The van der Waals surface area contributed by atoms with Crippen molar-refractivity contribution in [2.24, 2.45) is 0 Å². The van der Waals surface area contributed by atoms with Gasteiger partial charge in [-0.25, -0.2) is 9.37 Å². The van der Waals surface area contributed by atoms with Gasteiger partial charge in [0, 0.05) is 15.1 Å². The van der Waals surface area contributed by atoms with Gasteiger partial charge in [-0.05, 0) is 42.5 Å². The van der Waals surface area contributed by atoms with Crippen LogP contribution < -0.4 is 10.6 Å². The number of hydrogen-bond donors (Lipinski definition) is 2. The van der Waals surface area contributed by atoms with Gasteiger partial charge in [0.1, 0.15) is 10.7 Å². The summed E-state index contributed by atoms with van der Waals surface area (Å²) in [6.45, 7) is 0. The number of hydrogen-bond acceptors (Lipinski definition) is 5. The van der Waals surface area contributed by atoms with Crippen molar-refractivity contribution in [1.82, 2.24) is 10.3 Å². The van der Waals surface area contributed by atoms with E-state index >= 15 is 0 Å². The molecule has 136 valence electrons. The zero-order chi connectivity index (χ0) is 19.1. The third-order valence-corrected chi connectivity index (χ3v) is 6.62. The van der Waals surface area contributed by atoms with E-state index in [0.29, 0.717) is 30.3 Å². The molecule has 2 heterocycles. The maximum Gasteiger partial charge on any atom is 0.269 e. The van der Waals surface area contributed by atoms with E-state index in [9.17, 15) is 9.18 Å². The van der Waals surface area contributed by atoms with E-state index in [4.69, 9.17) is 35.4 Å². The average molecular weight is 456 g/mol. The van der Waals surface area contributed by atoms with Gasteiger partial charge in [-0.1, -0.05) is 40.6 Å². The Balaban J connectivity index is 1.52. The number of thiophene rings is 1. The van der Waals surface area contributed by atoms with E-state index < -0.39 is 5.91 Å². The van der Waals surface area contributed by atoms with Crippen LogP contribution in [0.5, 0.6) is 0 Å². The predicted molar refractivity (Wildman–Crippen MR) is 115 cm³/mol. The Morgan fingerprint density at radius 2 is 1.93 bits per heavy atom. The number of carbonyl (C=O) groups excluding carboxylic acids is 1. The second kappa shape index (κ2) is 7.29. The van der Waals surface area contributed by atoms with Gasteiger partial charge < -0.3 is 5.32 Å². The highest BCUT2D eigenvalue weighted by Crippen LogP contribution is 2.36. The van der Waals surface area contributed by atoms with Crippen molar-refractivity contribution >= 4 is 94.5 Å². The molecule has 0 radical (unpaired) electrons. The molecule has 2 aromatic carbocycles. The molecule has 0 atom stereocenters. The molecule has 0 aliphatic heterocycles. The third kappa shape index (κ3) is 3.76. The summed E-state index contributed by atoms with van der Waals surface area (Å²) in [6.07, 6.45) is 0. The SMILES string of the molecule is O=C(NC(=S)Nc1nc2ccc(F)cc2s1)c1sc2cc(Cl)ccc2c1Cl. The highest BCUT2D eigenvalue weighted by atomic mass is 35.5. The molecule has 4 aromatic rings. The smallest absolute Gasteiger partial charge is 0.269 e. The lowest BCUT2D eigenvalue weighted by Gasteiger charge is -2.06. The van der Waals surface area contributed by atoms with Crippen LogP contribution in [0.3, 0.4) is 0 Å². The fourth-order valence-corrected chi connectivity index (χ4v) is 5.26. The highest BCUT2D eigenvalue weighted by Gasteiger charge is 2.18. The number of thiocarbonyl (C=S) groups is 1. The molecule has 0 aliphatic carbocycles. The summed E-state index contributed by atoms with van der Waals surface area (Å²) < 4.78 is 14.8. The molecule has 0 fully saturated rings. The van der Waals surface area contributed by atoms with E-state index in [2.05, 4.69) is 15.6 Å². The normalized spacial score (nSPS) is 11.1. The molecule has 4 rings (SSSR count). The molecule has 0 saturated heterocycles. The Kier molecular flexibility index (Phi) is 5.00. The Hall–Kier alpha value is -1.84. The zero-order valence-electron chi connectivity index (χ0n) is 13.2. The summed E-state index contributed by atoms with van der Waals surface area (Å²) in [5.74, 6) is -0.768. The number of amides is 1. The first kappa shape index (κ1) is 18.5. The molecule has 0 unspecified atom stereocenters. The van der Waals surface area contributed by atoms with E-state index in [1.807, 2.05) is 0 Å². The molecule has 4 nitrogen and oxygen atoms in total. The summed E-state index contributed by atoms with van der Waals surface area (Å²) >= 11 is 19.9. The molecule has 0 bridgehead atoms. The second-order valence-electron chi connectivity index (χ2n) is 5.42. The number of aromatic nitrogens is 1. The molecule has 0 saturated carbocycles. The number of nitrogens with zero attached hydrogens (tertiary/aromatic N) is 1. The topological polar surface area (TPSA) is 54.0 Å². The zero-order valence-corrected chi connectivity index (χ0v) is 17.1. The molecule has 10 heteroatoms. The second-order valence-corrected chi connectivity index (χ2v) is 8.73. The molecule has 27 heavy (non-hydrogen) atoms. The number of rotatable bonds is 2. The number of anilines is 1. The quantitative estimate of drug-likeness (QED) is 0.359. The van der Waals surface area contributed by atoms with Gasteiger partial charge in [-0.3, -0.25) is 10.1 Å². The van der Waals surface area contributed by atoms with Crippen LogP contribution in [0.25, 0.3) is 20.3 Å². The number of thiazole rings is 1. The van der Waals surface area contributed by atoms with E-state index in [1.54, 1.807) is 24.3 Å². The van der Waals surface area contributed by atoms with Crippen LogP contribution in [0.1, 0.15) is 9.67 Å². The first-order valence-corrected chi connectivity index (χ1v) is 10.3. The van der Waals surface area contributed by atoms with Gasteiger partial charge in [0.2, 0.25) is 0 Å². The van der Waals surface area contributed by atoms with Crippen molar-refractivity contribution in [2.75, 3.05) is 5.32 Å². The lowest BCUT2D eigenvalue weighted by molar-refractivity contribution is 0.0982. The number of nitrogens with one attached hydrogen (secondary N) is 2. The minimum Gasteiger partial charge on any atom is -0.308 e. The summed E-state index contributed by atoms with van der Waals surface area (Å²) in [5, 5.41) is 7.62. The van der Waals surface area contributed by atoms with E-state index in [0.717, 1.165) is 10.1 Å². The summed E-state index contributed by atoms with van der Waals surface area (Å²) in [6, 6.07) is 9.54. The van der Waals surface area contributed by atoms with Crippen LogP contribution in [-0.2, 0) is 0 Å². The minimum absolute atomic E-state index is 0.0751. The number of carbonyl (C=O) groups is 1. The Morgan fingerprint density at radius 1 is 1.11 bits per heavy atom. The highest BCUT2D eigenvalue weighted by molar-refractivity contribution is 7.80. The van der Waals surface area contributed by atoms with Crippen LogP contribution in [0.4, 0.5) is 9.52 Å². The predicted octanol–water partition coefficient (Wildman–Crippen LogP) is 6.08. The first-order chi connectivity index (χ1) is 12.9. The van der Waals surface area contributed by atoms with Gasteiger partial charge in [0.25, 0.3) is 5.91 Å². The van der Waals surface area contributed by atoms with Crippen LogP contribution in [0, 0.1) is 5.82 Å². The van der Waals surface area contributed by atoms with Gasteiger partial charge in [-0.2, -0.15) is 0 Å². The monoisotopic (exact) mass is 455 g/mol. The van der Waals surface area contributed by atoms with Gasteiger partial charge in [0.15, 0.2) is 10.2 Å². The molecule has 1 amide bonds. The van der Waals surface area contributed by atoms with Crippen molar-refractivity contribution in [2.45, 2.75) is 0 Å². The summed E-state index contributed by atoms with van der Waals surface area (Å²) in [7, 11) is 0. The van der Waals surface area contributed by atoms with Gasteiger partial charge >= 0.3 is 0 Å². The molecule has 2 aromatic heterocycles. The van der Waals surface area contributed by atoms with Crippen molar-refractivity contribution in [3.8, 4) is 0 Å². The largest absolute Gasteiger partial charge is 0.308 e. The first-order valence-electron chi connectivity index (χ1n) is 7.46. The lowest BCUT2D eigenvalue weighted by atomic mass is 10.2. The number of halogens is 3. The van der Waals surface area contributed by atoms with E-state index in [1.165, 1.54) is 34.8 Å². The van der Waals surface area contributed by atoms with Crippen molar-refractivity contribution in [3.63, 3.8) is 0 Å². The Labute approximate surface area is 175 Å². The average Bonchev–Trinajstić information content (AvgIpc) is 3.14. The maximum atomic E-state index is 13.3. The van der Waals surface area contributed by atoms with Crippen LogP contribution in [0.15, 0.2) is 36.4 Å². The number of fused-ring (bicyclic) bond motifs is 2. The summed E-state index contributed by atoms with van der Waals surface area (Å²) in [5.41, 5.74) is 0.641. The standard InChI is InChI=1S/C17H8Cl2FN3OS3/c18-7-1-3-9-11(5-7)26-14(13(9)19)15(24)22-16(25)23-17-21-10-4-2-8(20)6-12(10)27-17/h1-6H,(H2,21,22,23,24,25). The Bertz CT molecular complexity index is 1220. The molecule has 2 N–H and O–H groups in total. The van der Waals surface area contributed by atoms with Crippen LogP contribution in [0.2, 0.25) is 10.0 Å². The van der Waals surface area contributed by atoms with Crippen LogP contribution in [-0.4, -0.2) is 16.0 Å². The Morgan fingerprint density at radius 3 is 2.74 bits per heavy atom. The fraction of sp³-hybridized carbons (Fsp3) is 0. The summed E-state index contributed by atoms with van der Waals surface area (Å²) in [4.78, 5) is 17.2. The maximum absolute atomic E-state index is 13.3. The van der Waals surface area contributed by atoms with Crippen molar-refractivity contribution in [3.05, 3.63) is 57.1 Å². The molecule has 0 spiro atoms. The molecular weight excluding hydrogens is 448 g/mol. The van der Waals surface area contributed by atoms with Gasteiger partial charge in [-0.15, -0.1) is 11.3 Å². The minimum atomic E-state index is -0.429. The third-order valence-electron chi connectivity index (χ3n) is 3.60. The number of benzene rings is 2. The lowest BCUT2D eigenvalue weighted by Crippen LogP contribution is -2.33. The fourth-order valence-electron chi connectivity index (χ4n) is 2.43. The van der Waals surface area contributed by atoms with Gasteiger partial charge in [0.05, 0.1) is 15.2 Å². The molecule has 0 aliphatic rings.